The summed E-state index contributed by atoms with van der Waals surface area (Å²) in [7, 11) is 0. The van der Waals surface area contributed by atoms with Crippen molar-refractivity contribution in [2.75, 3.05) is 5.32 Å². The summed E-state index contributed by atoms with van der Waals surface area (Å²) in [6, 6.07) is 2.80. The number of carboxylic acids is 1. The highest BCUT2D eigenvalue weighted by molar-refractivity contribution is 5.93. The van der Waals surface area contributed by atoms with E-state index in [-0.39, 0.29) is 0 Å². The second-order valence-corrected chi connectivity index (χ2v) is 4.15. The SMILES string of the molecule is Cc1ncccc1NC(=O)NC(C)(C)C(=O)O. The molecule has 0 radical (unpaired) electrons. The average Bonchev–Trinajstić information content (AvgIpc) is 2.20. The molecule has 1 heterocycles. The van der Waals surface area contributed by atoms with Crippen molar-refractivity contribution in [3.05, 3.63) is 24.0 Å². The van der Waals surface area contributed by atoms with Crippen LogP contribution < -0.4 is 10.6 Å². The molecule has 1 aromatic rings. The molecule has 0 saturated heterocycles. The normalized spacial score (nSPS) is 10.8. The molecule has 3 N–H and O–H groups in total. The number of anilines is 1. The Balaban J connectivity index is 2.69. The Morgan fingerprint density at radius 3 is 2.59 bits per heavy atom. The first-order valence-electron chi connectivity index (χ1n) is 5.07. The molecule has 0 aliphatic rings. The molecule has 1 aromatic heterocycles. The van der Waals surface area contributed by atoms with Crippen LogP contribution in [0.15, 0.2) is 18.3 Å². The van der Waals surface area contributed by atoms with Crippen molar-refractivity contribution in [3.63, 3.8) is 0 Å². The number of nitrogens with one attached hydrogen (secondary N) is 2. The minimum atomic E-state index is -1.32. The fraction of sp³-hybridized carbons (Fsp3) is 0.364. The largest absolute Gasteiger partial charge is 0.480 e. The zero-order chi connectivity index (χ0) is 13.1. The Labute approximate surface area is 99.1 Å². The number of hydrogen-bond donors (Lipinski definition) is 3. The van der Waals surface area contributed by atoms with E-state index in [0.29, 0.717) is 11.4 Å². The Morgan fingerprint density at radius 1 is 1.41 bits per heavy atom. The van der Waals surface area contributed by atoms with Crippen LogP contribution in [0.3, 0.4) is 0 Å². The second-order valence-electron chi connectivity index (χ2n) is 4.15. The van der Waals surface area contributed by atoms with Crippen molar-refractivity contribution in [1.29, 1.82) is 0 Å². The van der Waals surface area contributed by atoms with E-state index in [0.717, 1.165) is 0 Å². The van der Waals surface area contributed by atoms with Crippen LogP contribution in [0.1, 0.15) is 19.5 Å². The van der Waals surface area contributed by atoms with E-state index in [1.54, 1.807) is 25.3 Å². The zero-order valence-corrected chi connectivity index (χ0v) is 9.94. The van der Waals surface area contributed by atoms with Gasteiger partial charge in [-0.2, -0.15) is 0 Å². The molecule has 0 saturated carbocycles. The van der Waals surface area contributed by atoms with E-state index in [9.17, 15) is 9.59 Å². The summed E-state index contributed by atoms with van der Waals surface area (Å²) in [4.78, 5) is 26.4. The zero-order valence-electron chi connectivity index (χ0n) is 9.94. The van der Waals surface area contributed by atoms with Crippen LogP contribution in [0.2, 0.25) is 0 Å². The average molecular weight is 237 g/mol. The highest BCUT2D eigenvalue weighted by Gasteiger charge is 2.28. The molecule has 0 spiro atoms. The van der Waals surface area contributed by atoms with Gasteiger partial charge >= 0.3 is 12.0 Å². The summed E-state index contributed by atoms with van der Waals surface area (Å²) in [6.45, 7) is 4.56. The third-order valence-corrected chi connectivity index (χ3v) is 2.22. The molecule has 17 heavy (non-hydrogen) atoms. The first-order valence-corrected chi connectivity index (χ1v) is 5.07. The van der Waals surface area contributed by atoms with Gasteiger partial charge in [0.05, 0.1) is 11.4 Å². The van der Waals surface area contributed by atoms with Crippen molar-refractivity contribution in [3.8, 4) is 0 Å². The molecule has 0 bridgehead atoms. The highest BCUT2D eigenvalue weighted by atomic mass is 16.4. The van der Waals surface area contributed by atoms with Crippen LogP contribution in [-0.4, -0.2) is 27.6 Å². The lowest BCUT2D eigenvalue weighted by atomic mass is 10.1. The molecular formula is C11H15N3O3. The number of carbonyl (C=O) groups excluding carboxylic acids is 1. The fourth-order valence-electron chi connectivity index (χ4n) is 1.11. The van der Waals surface area contributed by atoms with E-state index in [1.165, 1.54) is 13.8 Å². The first kappa shape index (κ1) is 13.0. The van der Waals surface area contributed by atoms with Gasteiger partial charge in [0.15, 0.2) is 0 Å². The van der Waals surface area contributed by atoms with Crippen molar-refractivity contribution >= 4 is 17.7 Å². The molecule has 0 atom stereocenters. The Hall–Kier alpha value is -2.11. The topological polar surface area (TPSA) is 91.3 Å². The molecule has 6 heteroatoms. The third-order valence-electron chi connectivity index (χ3n) is 2.22. The maximum Gasteiger partial charge on any atom is 0.328 e. The molecule has 0 fully saturated rings. The molecular weight excluding hydrogens is 222 g/mol. The van der Waals surface area contributed by atoms with Gasteiger partial charge in [0.25, 0.3) is 0 Å². The molecule has 92 valence electrons. The summed E-state index contributed by atoms with van der Waals surface area (Å²) in [5.74, 6) is -1.10. The fourth-order valence-corrected chi connectivity index (χ4v) is 1.11. The van der Waals surface area contributed by atoms with Crippen LogP contribution in [0.25, 0.3) is 0 Å². The van der Waals surface area contributed by atoms with Gasteiger partial charge in [-0.05, 0) is 32.9 Å². The number of aryl methyl sites for hydroxylation is 1. The predicted molar refractivity (Wildman–Crippen MR) is 62.8 cm³/mol. The van der Waals surface area contributed by atoms with Gasteiger partial charge < -0.3 is 15.7 Å². The second kappa shape index (κ2) is 4.82. The minimum absolute atomic E-state index is 0.547. The monoisotopic (exact) mass is 237 g/mol. The highest BCUT2D eigenvalue weighted by Crippen LogP contribution is 2.10. The van der Waals surface area contributed by atoms with Crippen molar-refractivity contribution in [2.24, 2.45) is 0 Å². The van der Waals surface area contributed by atoms with Crippen LogP contribution >= 0.6 is 0 Å². The van der Waals surface area contributed by atoms with Gasteiger partial charge in [-0.3, -0.25) is 4.98 Å². The molecule has 0 aliphatic carbocycles. The molecule has 0 aliphatic heterocycles. The van der Waals surface area contributed by atoms with E-state index in [4.69, 9.17) is 5.11 Å². The first-order chi connectivity index (χ1) is 7.83. The molecule has 0 unspecified atom stereocenters. The standard InChI is InChI=1S/C11H15N3O3/c1-7-8(5-4-6-12-7)13-10(17)14-11(2,3)9(15)16/h4-6H,1-3H3,(H,15,16)(H2,13,14,17). The Kier molecular flexibility index (Phi) is 3.67. The van der Waals surface area contributed by atoms with E-state index in [1.807, 2.05) is 0 Å². The van der Waals surface area contributed by atoms with Gasteiger partial charge in [-0.25, -0.2) is 9.59 Å². The molecule has 2 amide bonds. The minimum Gasteiger partial charge on any atom is -0.480 e. The maximum atomic E-state index is 11.6. The Morgan fingerprint density at radius 2 is 2.06 bits per heavy atom. The number of aliphatic carboxylic acids is 1. The number of hydrogen-bond acceptors (Lipinski definition) is 3. The number of pyridine rings is 1. The molecule has 6 nitrogen and oxygen atoms in total. The van der Waals surface area contributed by atoms with Crippen molar-refractivity contribution < 1.29 is 14.7 Å². The number of urea groups is 1. The number of amides is 2. The van der Waals surface area contributed by atoms with Gasteiger partial charge in [-0.1, -0.05) is 0 Å². The van der Waals surface area contributed by atoms with Crippen LogP contribution in [0.4, 0.5) is 10.5 Å². The van der Waals surface area contributed by atoms with E-state index >= 15 is 0 Å². The van der Waals surface area contributed by atoms with Gasteiger partial charge in [0.1, 0.15) is 5.54 Å². The molecule has 0 aromatic carbocycles. The third kappa shape index (κ3) is 3.44. The van der Waals surface area contributed by atoms with Crippen LogP contribution in [0, 0.1) is 6.92 Å². The molecule has 1 rings (SSSR count). The van der Waals surface area contributed by atoms with Gasteiger partial charge in [-0.15, -0.1) is 0 Å². The Bertz CT molecular complexity index is 443. The smallest absolute Gasteiger partial charge is 0.328 e. The lowest BCUT2D eigenvalue weighted by Gasteiger charge is -2.21. The lowest BCUT2D eigenvalue weighted by Crippen LogP contribution is -2.51. The lowest BCUT2D eigenvalue weighted by molar-refractivity contribution is -0.142. The summed E-state index contributed by atoms with van der Waals surface area (Å²) in [5, 5.41) is 13.8. The van der Waals surface area contributed by atoms with E-state index < -0.39 is 17.5 Å². The summed E-state index contributed by atoms with van der Waals surface area (Å²) in [6.07, 6.45) is 1.61. The number of carbonyl (C=O) groups is 2. The summed E-state index contributed by atoms with van der Waals surface area (Å²) >= 11 is 0. The number of nitrogens with zero attached hydrogens (tertiary/aromatic N) is 1. The predicted octanol–water partition coefficient (Wildman–Crippen LogP) is 1.37. The number of carboxylic acid groups (broad SMARTS) is 1. The quantitative estimate of drug-likeness (QED) is 0.740. The van der Waals surface area contributed by atoms with Crippen molar-refractivity contribution in [2.45, 2.75) is 26.3 Å². The van der Waals surface area contributed by atoms with E-state index in [2.05, 4.69) is 15.6 Å². The number of aromatic nitrogens is 1. The maximum absolute atomic E-state index is 11.6. The summed E-state index contributed by atoms with van der Waals surface area (Å²) in [5.41, 5.74) is -0.109. The van der Waals surface area contributed by atoms with Crippen molar-refractivity contribution in [1.82, 2.24) is 10.3 Å². The summed E-state index contributed by atoms with van der Waals surface area (Å²) < 4.78 is 0. The van der Waals surface area contributed by atoms with Crippen LogP contribution in [-0.2, 0) is 4.79 Å². The number of rotatable bonds is 3. The van der Waals surface area contributed by atoms with Gasteiger partial charge in [0.2, 0.25) is 0 Å². The van der Waals surface area contributed by atoms with Gasteiger partial charge in [0, 0.05) is 6.20 Å². The van der Waals surface area contributed by atoms with Crippen LogP contribution in [0.5, 0.6) is 0 Å².